The number of aromatic nitrogens is 1. The SMILES string of the molecule is CC(C)(C)OC(=O)N1CC(=O)Nc2ncc(/C=C/C(=O)N3CC=C(c4ccccc4)CC3)cc2C1. The normalized spacial score (nSPS) is 16.3. The Labute approximate surface area is 205 Å². The number of hydrogen-bond acceptors (Lipinski definition) is 5. The van der Waals surface area contributed by atoms with Gasteiger partial charge >= 0.3 is 6.09 Å². The van der Waals surface area contributed by atoms with Crippen molar-refractivity contribution >= 4 is 35.4 Å². The van der Waals surface area contributed by atoms with Crippen LogP contribution in [0.1, 0.15) is 43.9 Å². The highest BCUT2D eigenvalue weighted by Gasteiger charge is 2.28. The van der Waals surface area contributed by atoms with Crippen molar-refractivity contribution in [3.63, 3.8) is 0 Å². The zero-order valence-electron chi connectivity index (χ0n) is 20.3. The van der Waals surface area contributed by atoms with Crippen LogP contribution < -0.4 is 5.32 Å². The Morgan fingerprint density at radius 2 is 1.89 bits per heavy atom. The van der Waals surface area contributed by atoms with Gasteiger partial charge in [-0.1, -0.05) is 36.4 Å². The lowest BCUT2D eigenvalue weighted by Crippen LogP contribution is -2.39. The molecule has 2 aliphatic heterocycles. The van der Waals surface area contributed by atoms with Gasteiger partial charge in [0.2, 0.25) is 11.8 Å². The smallest absolute Gasteiger partial charge is 0.411 e. The van der Waals surface area contributed by atoms with Crippen LogP contribution in [0.3, 0.4) is 0 Å². The number of rotatable bonds is 3. The van der Waals surface area contributed by atoms with Crippen molar-refractivity contribution in [3.8, 4) is 0 Å². The highest BCUT2D eigenvalue weighted by atomic mass is 16.6. The van der Waals surface area contributed by atoms with Gasteiger partial charge < -0.3 is 15.0 Å². The number of benzene rings is 1. The molecule has 2 aliphatic rings. The fourth-order valence-electron chi connectivity index (χ4n) is 3.97. The number of anilines is 1. The summed E-state index contributed by atoms with van der Waals surface area (Å²) in [5, 5.41) is 2.73. The van der Waals surface area contributed by atoms with E-state index in [2.05, 4.69) is 28.5 Å². The van der Waals surface area contributed by atoms with E-state index in [1.807, 2.05) is 24.3 Å². The number of fused-ring (bicyclic) bond motifs is 1. The van der Waals surface area contributed by atoms with Gasteiger partial charge in [0.1, 0.15) is 18.0 Å². The molecular weight excluding hydrogens is 444 g/mol. The van der Waals surface area contributed by atoms with Crippen molar-refractivity contribution in [2.75, 3.05) is 25.0 Å². The van der Waals surface area contributed by atoms with E-state index in [-0.39, 0.29) is 24.9 Å². The van der Waals surface area contributed by atoms with E-state index in [0.29, 0.717) is 30.0 Å². The van der Waals surface area contributed by atoms with E-state index in [4.69, 9.17) is 4.74 Å². The van der Waals surface area contributed by atoms with Gasteiger partial charge in [-0.3, -0.25) is 14.5 Å². The van der Waals surface area contributed by atoms with Gasteiger partial charge in [0.05, 0.1) is 6.54 Å². The topological polar surface area (TPSA) is 91.8 Å². The second-order valence-corrected chi connectivity index (χ2v) is 9.62. The first-order valence-corrected chi connectivity index (χ1v) is 11.7. The maximum Gasteiger partial charge on any atom is 0.411 e. The summed E-state index contributed by atoms with van der Waals surface area (Å²) in [5.74, 6) is -0.0141. The second kappa shape index (κ2) is 10.1. The van der Waals surface area contributed by atoms with Gasteiger partial charge in [0.25, 0.3) is 0 Å². The van der Waals surface area contributed by atoms with Crippen molar-refractivity contribution in [2.45, 2.75) is 39.3 Å². The largest absolute Gasteiger partial charge is 0.444 e. The van der Waals surface area contributed by atoms with Crippen LogP contribution in [0.4, 0.5) is 10.6 Å². The molecule has 0 bridgehead atoms. The first-order chi connectivity index (χ1) is 16.7. The lowest BCUT2D eigenvalue weighted by Gasteiger charge is -2.26. The summed E-state index contributed by atoms with van der Waals surface area (Å²) in [4.78, 5) is 45.0. The minimum absolute atomic E-state index is 0.0769. The molecule has 182 valence electrons. The summed E-state index contributed by atoms with van der Waals surface area (Å²) in [6.07, 6.45) is 7.18. The predicted octanol–water partition coefficient (Wildman–Crippen LogP) is 4.10. The number of amides is 3. The quantitative estimate of drug-likeness (QED) is 0.677. The number of carbonyl (C=O) groups is 3. The Hall–Kier alpha value is -3.94. The maximum absolute atomic E-state index is 12.7. The average molecular weight is 475 g/mol. The Kier molecular flexibility index (Phi) is 7.00. The summed E-state index contributed by atoms with van der Waals surface area (Å²) < 4.78 is 5.43. The molecule has 8 nitrogen and oxygen atoms in total. The molecule has 0 radical (unpaired) electrons. The van der Waals surface area contributed by atoms with Gasteiger partial charge in [-0.05, 0) is 56.0 Å². The van der Waals surface area contributed by atoms with Crippen molar-refractivity contribution in [1.82, 2.24) is 14.8 Å². The van der Waals surface area contributed by atoms with Crippen molar-refractivity contribution in [3.05, 3.63) is 71.4 Å². The zero-order valence-corrected chi connectivity index (χ0v) is 20.3. The van der Waals surface area contributed by atoms with E-state index < -0.39 is 11.7 Å². The molecule has 0 saturated heterocycles. The molecule has 4 rings (SSSR count). The summed E-state index contributed by atoms with van der Waals surface area (Å²) in [6.45, 7) is 6.60. The Morgan fingerprint density at radius 1 is 1.11 bits per heavy atom. The predicted molar refractivity (Wildman–Crippen MR) is 134 cm³/mol. The number of nitrogens with zero attached hydrogens (tertiary/aromatic N) is 3. The molecule has 3 amide bonds. The molecule has 35 heavy (non-hydrogen) atoms. The van der Waals surface area contributed by atoms with Crippen LogP contribution in [0, 0.1) is 0 Å². The third-order valence-corrected chi connectivity index (χ3v) is 5.68. The molecule has 1 N–H and O–H groups in total. The van der Waals surface area contributed by atoms with Crippen molar-refractivity contribution in [1.29, 1.82) is 0 Å². The number of nitrogens with one attached hydrogen (secondary N) is 1. The van der Waals surface area contributed by atoms with Gasteiger partial charge in [-0.15, -0.1) is 0 Å². The number of ether oxygens (including phenoxy) is 1. The van der Waals surface area contributed by atoms with Crippen LogP contribution in [0.5, 0.6) is 0 Å². The molecular formula is C27H30N4O4. The van der Waals surface area contributed by atoms with E-state index in [1.54, 1.807) is 37.9 Å². The van der Waals surface area contributed by atoms with E-state index in [9.17, 15) is 14.4 Å². The van der Waals surface area contributed by atoms with Crippen LogP contribution >= 0.6 is 0 Å². The second-order valence-electron chi connectivity index (χ2n) is 9.62. The van der Waals surface area contributed by atoms with Crippen LogP contribution in [0.25, 0.3) is 11.6 Å². The fourth-order valence-corrected chi connectivity index (χ4v) is 3.97. The van der Waals surface area contributed by atoms with E-state index in [0.717, 1.165) is 6.42 Å². The summed E-state index contributed by atoms with van der Waals surface area (Å²) in [7, 11) is 0. The Morgan fingerprint density at radius 3 is 2.57 bits per heavy atom. The molecule has 1 aromatic heterocycles. The zero-order chi connectivity index (χ0) is 25.0. The molecule has 0 atom stereocenters. The molecule has 0 spiro atoms. The van der Waals surface area contributed by atoms with Crippen LogP contribution in [-0.4, -0.2) is 57.9 Å². The minimum Gasteiger partial charge on any atom is -0.444 e. The van der Waals surface area contributed by atoms with Gasteiger partial charge in [0.15, 0.2) is 0 Å². The van der Waals surface area contributed by atoms with E-state index in [1.165, 1.54) is 22.1 Å². The van der Waals surface area contributed by atoms with E-state index >= 15 is 0 Å². The van der Waals surface area contributed by atoms with Crippen LogP contribution in [-0.2, 0) is 20.9 Å². The first kappa shape index (κ1) is 24.2. The molecule has 2 aromatic rings. The van der Waals surface area contributed by atoms with Crippen molar-refractivity contribution < 1.29 is 19.1 Å². The fraction of sp³-hybridized carbons (Fsp3) is 0.333. The Balaban J connectivity index is 1.43. The Bertz CT molecular complexity index is 1180. The lowest BCUT2D eigenvalue weighted by atomic mass is 9.99. The maximum atomic E-state index is 12.7. The number of pyridine rings is 1. The first-order valence-electron chi connectivity index (χ1n) is 11.7. The third-order valence-electron chi connectivity index (χ3n) is 5.68. The third kappa shape index (κ3) is 6.35. The number of hydrogen-bond donors (Lipinski definition) is 1. The lowest BCUT2D eigenvalue weighted by molar-refractivity contribution is -0.125. The number of carbonyl (C=O) groups excluding carboxylic acids is 3. The minimum atomic E-state index is -0.669. The highest BCUT2D eigenvalue weighted by molar-refractivity contribution is 5.95. The van der Waals surface area contributed by atoms with Gasteiger partial charge in [-0.25, -0.2) is 9.78 Å². The summed E-state index contributed by atoms with van der Waals surface area (Å²) in [6, 6.07) is 12.0. The average Bonchev–Trinajstić information content (AvgIpc) is 3.00. The van der Waals surface area contributed by atoms with Gasteiger partial charge in [-0.2, -0.15) is 0 Å². The molecule has 0 aliphatic carbocycles. The highest BCUT2D eigenvalue weighted by Crippen LogP contribution is 2.24. The molecule has 1 aromatic carbocycles. The molecule has 8 heteroatoms. The summed E-state index contributed by atoms with van der Waals surface area (Å²) in [5.41, 5.74) is 3.15. The summed E-state index contributed by atoms with van der Waals surface area (Å²) >= 11 is 0. The molecule has 0 saturated carbocycles. The van der Waals surface area contributed by atoms with Crippen LogP contribution in [0.2, 0.25) is 0 Å². The molecule has 3 heterocycles. The molecule has 0 fully saturated rings. The van der Waals surface area contributed by atoms with Gasteiger partial charge in [0, 0.05) is 30.9 Å². The standard InChI is InChI=1S/C27H30N4O4/c1-27(2,3)35-26(34)31-17-22-15-19(16-28-25(22)29-23(32)18-31)9-10-24(33)30-13-11-21(12-14-30)20-7-5-4-6-8-20/h4-11,15-16H,12-14,17-18H2,1-3H3,(H,28,29,32)/b10-9+. The monoisotopic (exact) mass is 474 g/mol. The van der Waals surface area contributed by atoms with Crippen molar-refractivity contribution in [2.24, 2.45) is 0 Å². The molecule has 0 unspecified atom stereocenters. The van der Waals surface area contributed by atoms with Crippen LogP contribution in [0.15, 0.2) is 54.7 Å².